The lowest BCUT2D eigenvalue weighted by Gasteiger charge is -2.16. The lowest BCUT2D eigenvalue weighted by molar-refractivity contribution is -0.384. The fraction of sp³-hybridized carbons (Fsp3) is 0.0741. The SMILES string of the molecule is COc1cc(F)c(-c2ccc(N)cc2F)cc1-c1cc(-c2nc3cc([N+](=O)[O-])ccc3o2)cc(C(F)(F)F)c1. The van der Waals surface area contributed by atoms with Gasteiger partial charge in [0.1, 0.15) is 22.9 Å². The maximum absolute atomic E-state index is 15.0. The summed E-state index contributed by atoms with van der Waals surface area (Å²) < 4.78 is 82.2. The van der Waals surface area contributed by atoms with Crippen molar-refractivity contribution in [3.05, 3.63) is 94.0 Å². The molecular formula is C27H16F5N3O4. The molecule has 1 aromatic heterocycles. The zero-order valence-corrected chi connectivity index (χ0v) is 19.8. The van der Waals surface area contributed by atoms with E-state index in [2.05, 4.69) is 4.98 Å². The van der Waals surface area contributed by atoms with Crippen molar-refractivity contribution in [2.24, 2.45) is 0 Å². The number of nitro groups is 1. The van der Waals surface area contributed by atoms with Gasteiger partial charge in [0.05, 0.1) is 17.6 Å². The minimum atomic E-state index is -4.80. The quantitative estimate of drug-likeness (QED) is 0.106. The van der Waals surface area contributed by atoms with E-state index in [0.717, 1.165) is 30.3 Å². The van der Waals surface area contributed by atoms with E-state index in [1.165, 1.54) is 43.5 Å². The summed E-state index contributed by atoms with van der Waals surface area (Å²) in [5.41, 5.74) is 4.02. The molecule has 0 aliphatic carbocycles. The molecule has 0 unspecified atom stereocenters. The van der Waals surface area contributed by atoms with Gasteiger partial charge in [-0.3, -0.25) is 10.1 Å². The van der Waals surface area contributed by atoms with Crippen molar-refractivity contribution in [1.82, 2.24) is 4.98 Å². The largest absolute Gasteiger partial charge is 0.496 e. The van der Waals surface area contributed by atoms with Crippen LogP contribution in [0.1, 0.15) is 5.56 Å². The first-order valence-electron chi connectivity index (χ1n) is 11.2. The predicted molar refractivity (Wildman–Crippen MR) is 133 cm³/mol. The molecule has 0 saturated heterocycles. The van der Waals surface area contributed by atoms with Gasteiger partial charge in [0.15, 0.2) is 5.58 Å². The molecule has 4 aromatic carbocycles. The predicted octanol–water partition coefficient (Wildman–Crippen LogP) is 7.62. The average Bonchev–Trinajstić information content (AvgIpc) is 3.32. The number of non-ortho nitro benzene ring substituents is 1. The van der Waals surface area contributed by atoms with Gasteiger partial charge >= 0.3 is 6.18 Å². The number of aromatic nitrogens is 1. The number of halogens is 5. The van der Waals surface area contributed by atoms with E-state index in [9.17, 15) is 32.1 Å². The number of nitrogens with zero attached hydrogens (tertiary/aromatic N) is 2. The Morgan fingerprint density at radius 2 is 1.62 bits per heavy atom. The minimum absolute atomic E-state index is 0.0317. The van der Waals surface area contributed by atoms with Gasteiger partial charge in [-0.1, -0.05) is 0 Å². The van der Waals surface area contributed by atoms with Crippen LogP contribution >= 0.6 is 0 Å². The van der Waals surface area contributed by atoms with E-state index in [-0.39, 0.29) is 61.9 Å². The number of benzene rings is 4. The standard InChI is InChI=1S/C27H16F5N3O4/c1-38-25-12-22(29)20(18-4-2-16(33)9-21(18)28)11-19(25)13-6-14(8-15(7-13)27(30,31)32)26-34-23-10-17(35(36)37)3-5-24(23)39-26/h2-12H,33H2,1H3. The zero-order valence-electron chi connectivity index (χ0n) is 19.8. The lowest BCUT2D eigenvalue weighted by Crippen LogP contribution is -2.06. The van der Waals surface area contributed by atoms with E-state index in [1.807, 2.05) is 0 Å². The number of nitro benzene ring substituents is 1. The summed E-state index contributed by atoms with van der Waals surface area (Å²) in [6, 6.07) is 12.3. The summed E-state index contributed by atoms with van der Waals surface area (Å²) in [6.07, 6.45) is -4.80. The average molecular weight is 541 g/mol. The summed E-state index contributed by atoms with van der Waals surface area (Å²) in [6.45, 7) is 0. The van der Waals surface area contributed by atoms with Gasteiger partial charge in [0.2, 0.25) is 5.89 Å². The van der Waals surface area contributed by atoms with Crippen molar-refractivity contribution in [2.75, 3.05) is 12.8 Å². The molecule has 7 nitrogen and oxygen atoms in total. The molecule has 1 heterocycles. The van der Waals surface area contributed by atoms with Crippen molar-refractivity contribution in [3.8, 4) is 39.5 Å². The van der Waals surface area contributed by atoms with Crippen LogP contribution in [0.2, 0.25) is 0 Å². The van der Waals surface area contributed by atoms with E-state index < -0.39 is 28.3 Å². The monoisotopic (exact) mass is 541 g/mol. The first-order chi connectivity index (χ1) is 18.4. The smallest absolute Gasteiger partial charge is 0.416 e. The molecule has 0 bridgehead atoms. The number of hydrogen-bond acceptors (Lipinski definition) is 6. The first kappa shape index (κ1) is 25.6. The minimum Gasteiger partial charge on any atom is -0.496 e. The second-order valence-electron chi connectivity index (χ2n) is 8.50. The van der Waals surface area contributed by atoms with E-state index in [1.54, 1.807) is 0 Å². The van der Waals surface area contributed by atoms with Gasteiger partial charge in [0.25, 0.3) is 5.69 Å². The number of oxazole rings is 1. The summed E-state index contributed by atoms with van der Waals surface area (Å²) in [7, 11) is 1.21. The lowest BCUT2D eigenvalue weighted by atomic mass is 9.94. The van der Waals surface area contributed by atoms with Crippen molar-refractivity contribution in [3.63, 3.8) is 0 Å². The highest BCUT2D eigenvalue weighted by Crippen LogP contribution is 2.42. The Bertz CT molecular complexity index is 1770. The fourth-order valence-corrected chi connectivity index (χ4v) is 4.13. The fourth-order valence-electron chi connectivity index (χ4n) is 4.13. The van der Waals surface area contributed by atoms with Crippen molar-refractivity contribution in [1.29, 1.82) is 0 Å². The molecule has 12 heteroatoms. The Morgan fingerprint density at radius 1 is 0.897 bits per heavy atom. The van der Waals surface area contributed by atoms with E-state index in [0.29, 0.717) is 0 Å². The molecule has 0 aliphatic heterocycles. The van der Waals surface area contributed by atoms with Crippen molar-refractivity contribution >= 4 is 22.5 Å². The molecule has 198 valence electrons. The number of nitrogen functional groups attached to an aromatic ring is 1. The second kappa shape index (κ2) is 9.39. The number of alkyl halides is 3. The highest BCUT2D eigenvalue weighted by Gasteiger charge is 2.32. The summed E-state index contributed by atoms with van der Waals surface area (Å²) in [4.78, 5) is 14.6. The Balaban J connectivity index is 1.73. The van der Waals surface area contributed by atoms with Crippen LogP contribution in [0.5, 0.6) is 5.75 Å². The molecule has 2 N–H and O–H groups in total. The summed E-state index contributed by atoms with van der Waals surface area (Å²) in [5, 5.41) is 11.1. The maximum Gasteiger partial charge on any atom is 0.416 e. The summed E-state index contributed by atoms with van der Waals surface area (Å²) >= 11 is 0. The van der Waals surface area contributed by atoms with Crippen LogP contribution < -0.4 is 10.5 Å². The van der Waals surface area contributed by atoms with Crippen LogP contribution in [-0.2, 0) is 6.18 Å². The van der Waals surface area contributed by atoms with Gasteiger partial charge < -0.3 is 14.9 Å². The molecular weight excluding hydrogens is 525 g/mol. The molecule has 0 atom stereocenters. The van der Waals surface area contributed by atoms with E-state index >= 15 is 0 Å². The molecule has 0 fully saturated rings. The van der Waals surface area contributed by atoms with Gasteiger partial charge in [-0.15, -0.1) is 0 Å². The Hall–Kier alpha value is -5.00. The topological polar surface area (TPSA) is 104 Å². The second-order valence-corrected chi connectivity index (χ2v) is 8.50. The third-order valence-corrected chi connectivity index (χ3v) is 5.97. The molecule has 0 spiro atoms. The number of hydrogen-bond donors (Lipinski definition) is 1. The third-order valence-electron chi connectivity index (χ3n) is 5.97. The molecule has 5 aromatic rings. The van der Waals surface area contributed by atoms with Crippen LogP contribution in [-0.4, -0.2) is 17.0 Å². The first-order valence-corrected chi connectivity index (χ1v) is 11.2. The van der Waals surface area contributed by atoms with Gasteiger partial charge in [-0.2, -0.15) is 13.2 Å². The van der Waals surface area contributed by atoms with Crippen LogP contribution in [0.3, 0.4) is 0 Å². The zero-order chi connectivity index (χ0) is 28.1. The molecule has 5 rings (SSSR count). The third kappa shape index (κ3) is 4.83. The summed E-state index contributed by atoms with van der Waals surface area (Å²) in [5.74, 6) is -2.03. The molecule has 0 amide bonds. The number of methoxy groups -OCH3 is 1. The van der Waals surface area contributed by atoms with Gasteiger partial charge in [-0.25, -0.2) is 13.8 Å². The molecule has 0 radical (unpaired) electrons. The number of fused-ring (bicyclic) bond motifs is 1. The van der Waals surface area contributed by atoms with Crippen LogP contribution in [0.4, 0.5) is 33.3 Å². The maximum atomic E-state index is 15.0. The van der Waals surface area contributed by atoms with Gasteiger partial charge in [0, 0.05) is 46.1 Å². The Labute approximate surface area is 216 Å². The molecule has 0 aliphatic rings. The normalized spacial score (nSPS) is 11.6. The number of ether oxygens (including phenoxy) is 1. The number of rotatable bonds is 5. The van der Waals surface area contributed by atoms with Crippen LogP contribution in [0, 0.1) is 21.7 Å². The Morgan fingerprint density at radius 3 is 2.28 bits per heavy atom. The number of anilines is 1. The van der Waals surface area contributed by atoms with E-state index in [4.69, 9.17) is 14.9 Å². The van der Waals surface area contributed by atoms with Crippen molar-refractivity contribution < 1.29 is 36.0 Å². The number of nitrogens with two attached hydrogens (primary N) is 1. The molecule has 0 saturated carbocycles. The highest BCUT2D eigenvalue weighted by molar-refractivity contribution is 5.83. The van der Waals surface area contributed by atoms with Crippen LogP contribution in [0.25, 0.3) is 44.8 Å². The van der Waals surface area contributed by atoms with Crippen LogP contribution in [0.15, 0.2) is 71.1 Å². The molecule has 39 heavy (non-hydrogen) atoms. The van der Waals surface area contributed by atoms with Crippen molar-refractivity contribution in [2.45, 2.75) is 6.18 Å². The Kier molecular flexibility index (Phi) is 6.17. The highest BCUT2D eigenvalue weighted by atomic mass is 19.4. The van der Waals surface area contributed by atoms with Gasteiger partial charge in [-0.05, 0) is 54.1 Å².